The Morgan fingerprint density at radius 3 is 2.09 bits per heavy atom. The first kappa shape index (κ1) is 13.3. The Hall–Kier alpha value is -2.34. The third-order valence-corrected chi connectivity index (χ3v) is 4.54. The molecule has 1 aromatic carbocycles. The van der Waals surface area contributed by atoms with Gasteiger partial charge in [-0.25, -0.2) is 4.90 Å². The number of anilines is 1. The molecule has 0 radical (unpaired) electrons. The highest BCUT2D eigenvalue weighted by atomic mass is 16.5. The van der Waals surface area contributed by atoms with Crippen molar-refractivity contribution in [2.24, 2.45) is 11.8 Å². The van der Waals surface area contributed by atoms with E-state index < -0.39 is 11.8 Å². The zero-order valence-electron chi connectivity index (χ0n) is 12.2. The average Bonchev–Trinajstić information content (AvgIpc) is 3.21. The highest BCUT2D eigenvalue weighted by molar-refractivity contribution is 6.23. The number of ether oxygens (including phenoxy) is 3. The van der Waals surface area contributed by atoms with E-state index >= 15 is 0 Å². The maximum absolute atomic E-state index is 12.7. The zero-order chi connectivity index (χ0) is 15.4. The highest BCUT2D eigenvalue weighted by Gasteiger charge is 2.61. The van der Waals surface area contributed by atoms with Crippen LogP contribution in [0.5, 0.6) is 11.5 Å². The van der Waals surface area contributed by atoms with E-state index in [1.165, 1.54) is 19.1 Å². The summed E-state index contributed by atoms with van der Waals surface area (Å²) in [6.07, 6.45) is 3.18. The monoisotopic (exact) mass is 301 g/mol. The van der Waals surface area contributed by atoms with Crippen LogP contribution in [0.3, 0.4) is 0 Å². The van der Waals surface area contributed by atoms with Gasteiger partial charge in [-0.15, -0.1) is 0 Å². The van der Waals surface area contributed by atoms with Crippen LogP contribution in [0.25, 0.3) is 0 Å². The van der Waals surface area contributed by atoms with E-state index in [0.717, 1.165) is 0 Å². The van der Waals surface area contributed by atoms with Crippen LogP contribution in [0.1, 0.15) is 0 Å². The average molecular weight is 301 g/mol. The van der Waals surface area contributed by atoms with E-state index in [2.05, 4.69) is 0 Å². The molecule has 0 saturated carbocycles. The van der Waals surface area contributed by atoms with E-state index in [0.29, 0.717) is 17.2 Å². The van der Waals surface area contributed by atoms with Gasteiger partial charge in [-0.05, 0) is 12.1 Å². The van der Waals surface area contributed by atoms with Gasteiger partial charge in [-0.3, -0.25) is 9.59 Å². The number of amides is 2. The fourth-order valence-electron chi connectivity index (χ4n) is 3.52. The van der Waals surface area contributed by atoms with E-state index in [4.69, 9.17) is 14.2 Å². The topological polar surface area (TPSA) is 65.1 Å². The van der Waals surface area contributed by atoms with Crippen LogP contribution in [0.15, 0.2) is 30.4 Å². The summed E-state index contributed by atoms with van der Waals surface area (Å²) in [5, 5.41) is 0. The van der Waals surface area contributed by atoms with E-state index in [9.17, 15) is 9.59 Å². The molecule has 114 valence electrons. The van der Waals surface area contributed by atoms with Crippen molar-refractivity contribution in [3.05, 3.63) is 30.4 Å². The molecule has 0 spiro atoms. The zero-order valence-corrected chi connectivity index (χ0v) is 12.2. The molecule has 4 atom stereocenters. The minimum Gasteiger partial charge on any atom is -0.493 e. The molecule has 6 heteroatoms. The minimum absolute atomic E-state index is 0.209. The second-order valence-corrected chi connectivity index (χ2v) is 5.55. The molecule has 1 aromatic rings. The molecule has 4 rings (SSSR count). The lowest BCUT2D eigenvalue weighted by Crippen LogP contribution is -2.34. The normalized spacial score (nSPS) is 31.8. The van der Waals surface area contributed by atoms with Crippen molar-refractivity contribution < 1.29 is 23.8 Å². The molecular weight excluding hydrogens is 286 g/mol. The molecule has 0 N–H and O–H groups in total. The molecule has 0 aromatic heterocycles. The maximum Gasteiger partial charge on any atom is 0.240 e. The second-order valence-electron chi connectivity index (χ2n) is 5.55. The van der Waals surface area contributed by atoms with E-state index in [1.54, 1.807) is 18.2 Å². The quantitative estimate of drug-likeness (QED) is 0.619. The van der Waals surface area contributed by atoms with Crippen LogP contribution in [-0.4, -0.2) is 38.2 Å². The van der Waals surface area contributed by atoms with Gasteiger partial charge in [-0.1, -0.05) is 12.2 Å². The molecule has 22 heavy (non-hydrogen) atoms. The molecule has 2 fully saturated rings. The van der Waals surface area contributed by atoms with Crippen LogP contribution in [0.2, 0.25) is 0 Å². The summed E-state index contributed by atoms with van der Waals surface area (Å²) < 4.78 is 16.0. The molecule has 3 aliphatic rings. The Bertz CT molecular complexity index is 668. The third-order valence-electron chi connectivity index (χ3n) is 4.54. The minimum atomic E-state index is -0.407. The number of hydrogen-bond donors (Lipinski definition) is 0. The Morgan fingerprint density at radius 1 is 0.955 bits per heavy atom. The number of hydrogen-bond acceptors (Lipinski definition) is 5. The molecule has 0 aliphatic carbocycles. The number of carbonyl (C=O) groups is 2. The van der Waals surface area contributed by atoms with Crippen molar-refractivity contribution in [1.29, 1.82) is 0 Å². The summed E-state index contributed by atoms with van der Waals surface area (Å²) in [6.45, 7) is 0. The summed E-state index contributed by atoms with van der Waals surface area (Å²) in [4.78, 5) is 26.6. The highest BCUT2D eigenvalue weighted by Crippen LogP contribution is 2.47. The lowest BCUT2D eigenvalue weighted by atomic mass is 9.85. The van der Waals surface area contributed by atoms with Crippen LogP contribution < -0.4 is 14.4 Å². The largest absolute Gasteiger partial charge is 0.493 e. The third kappa shape index (κ3) is 1.58. The van der Waals surface area contributed by atoms with Gasteiger partial charge in [-0.2, -0.15) is 0 Å². The van der Waals surface area contributed by atoms with Gasteiger partial charge in [0.1, 0.15) is 0 Å². The number of nitrogens with zero attached hydrogens (tertiary/aromatic N) is 1. The molecule has 3 heterocycles. The smallest absolute Gasteiger partial charge is 0.240 e. The number of carbonyl (C=O) groups excluding carboxylic acids is 2. The van der Waals surface area contributed by atoms with Crippen LogP contribution in [0.4, 0.5) is 5.69 Å². The van der Waals surface area contributed by atoms with Gasteiger partial charge in [0.2, 0.25) is 11.8 Å². The van der Waals surface area contributed by atoms with Gasteiger partial charge in [0.25, 0.3) is 0 Å². The molecule has 6 nitrogen and oxygen atoms in total. The Labute approximate surface area is 127 Å². The summed E-state index contributed by atoms with van der Waals surface area (Å²) in [5.41, 5.74) is 0.501. The van der Waals surface area contributed by atoms with E-state index in [-0.39, 0.29) is 24.0 Å². The van der Waals surface area contributed by atoms with Crippen molar-refractivity contribution in [3.8, 4) is 11.5 Å². The Morgan fingerprint density at radius 2 is 1.55 bits per heavy atom. The fraction of sp³-hybridized carbons (Fsp3) is 0.375. The van der Waals surface area contributed by atoms with Gasteiger partial charge in [0.05, 0.1) is 44.0 Å². The van der Waals surface area contributed by atoms with Gasteiger partial charge in [0, 0.05) is 6.07 Å². The first-order chi connectivity index (χ1) is 10.7. The summed E-state index contributed by atoms with van der Waals surface area (Å²) >= 11 is 0. The maximum atomic E-state index is 12.7. The number of imide groups is 1. The van der Waals surface area contributed by atoms with Crippen molar-refractivity contribution >= 4 is 17.5 Å². The molecule has 4 unspecified atom stereocenters. The number of rotatable bonds is 3. The predicted octanol–water partition coefficient (Wildman–Crippen LogP) is 1.15. The summed E-state index contributed by atoms with van der Waals surface area (Å²) in [7, 11) is 3.05. The summed E-state index contributed by atoms with van der Waals surface area (Å²) in [5.74, 6) is -0.199. The second kappa shape index (κ2) is 4.58. The first-order valence-electron chi connectivity index (χ1n) is 7.09. The van der Waals surface area contributed by atoms with Gasteiger partial charge >= 0.3 is 0 Å². The van der Waals surface area contributed by atoms with E-state index in [1.807, 2.05) is 12.2 Å². The number of benzene rings is 1. The van der Waals surface area contributed by atoms with Gasteiger partial charge in [0.15, 0.2) is 11.5 Å². The lowest BCUT2D eigenvalue weighted by Gasteiger charge is -2.19. The SMILES string of the molecule is COc1ccc(N2C(=O)C3C4C=CC(O4)C3C2=O)cc1OC. The predicted molar refractivity (Wildman–Crippen MR) is 76.8 cm³/mol. The number of methoxy groups -OCH3 is 2. The molecule has 3 aliphatic heterocycles. The van der Waals surface area contributed by atoms with Crippen LogP contribution in [0, 0.1) is 11.8 Å². The Balaban J connectivity index is 1.72. The standard InChI is InChI=1S/C16H15NO5/c1-20-9-4-3-8(7-12(9)21-2)17-15(18)13-10-5-6-11(22-10)14(13)16(17)19/h3-7,10-11,13-14H,1-2H3. The lowest BCUT2D eigenvalue weighted by molar-refractivity contribution is -0.124. The fourth-order valence-corrected chi connectivity index (χ4v) is 3.52. The van der Waals surface area contributed by atoms with Crippen molar-refractivity contribution in [3.63, 3.8) is 0 Å². The van der Waals surface area contributed by atoms with Gasteiger partial charge < -0.3 is 14.2 Å². The molecule has 2 saturated heterocycles. The Kier molecular flexibility index (Phi) is 2.77. The van der Waals surface area contributed by atoms with Crippen LogP contribution in [-0.2, 0) is 14.3 Å². The first-order valence-corrected chi connectivity index (χ1v) is 7.09. The number of fused-ring (bicyclic) bond motifs is 5. The molecule has 2 amide bonds. The van der Waals surface area contributed by atoms with Crippen molar-refractivity contribution in [1.82, 2.24) is 0 Å². The van der Waals surface area contributed by atoms with Crippen LogP contribution >= 0.6 is 0 Å². The molecule has 2 bridgehead atoms. The molecular formula is C16H15NO5. The van der Waals surface area contributed by atoms with Crippen molar-refractivity contribution in [2.75, 3.05) is 19.1 Å². The van der Waals surface area contributed by atoms with Crippen molar-refractivity contribution in [2.45, 2.75) is 12.2 Å². The summed E-state index contributed by atoms with van der Waals surface area (Å²) in [6, 6.07) is 5.02.